The third kappa shape index (κ3) is 5.24. The summed E-state index contributed by atoms with van der Waals surface area (Å²) in [6.45, 7) is 1.60. The van der Waals surface area contributed by atoms with Crippen LogP contribution in [-0.2, 0) is 0 Å². The molecule has 0 fully saturated rings. The predicted molar refractivity (Wildman–Crippen MR) is 96.0 cm³/mol. The van der Waals surface area contributed by atoms with Crippen molar-refractivity contribution < 1.29 is 9.53 Å². The van der Waals surface area contributed by atoms with E-state index in [1.807, 2.05) is 38.4 Å². The van der Waals surface area contributed by atoms with Crippen LogP contribution in [0.5, 0.6) is 5.75 Å². The summed E-state index contributed by atoms with van der Waals surface area (Å²) in [5.41, 5.74) is 1.37. The molecule has 0 unspecified atom stereocenters. The van der Waals surface area contributed by atoms with Crippen molar-refractivity contribution in [2.75, 3.05) is 39.6 Å². The Hall–Kier alpha value is -2.60. The lowest BCUT2D eigenvalue weighted by Crippen LogP contribution is -2.27. The van der Waals surface area contributed by atoms with Gasteiger partial charge in [-0.05, 0) is 51.3 Å². The van der Waals surface area contributed by atoms with E-state index in [0.717, 1.165) is 24.4 Å². The fourth-order valence-electron chi connectivity index (χ4n) is 2.19. The van der Waals surface area contributed by atoms with Crippen LogP contribution in [0.1, 0.15) is 16.8 Å². The molecule has 0 saturated carbocycles. The molecule has 0 aliphatic heterocycles. The van der Waals surface area contributed by atoms with E-state index in [2.05, 4.69) is 20.5 Å². The number of carbonyl (C=O) groups is 1. The Morgan fingerprint density at radius 2 is 2.00 bits per heavy atom. The molecule has 0 aliphatic rings. The van der Waals surface area contributed by atoms with Gasteiger partial charge in [0, 0.05) is 12.7 Å². The zero-order chi connectivity index (χ0) is 17.4. The largest absolute Gasteiger partial charge is 0.495 e. The number of ether oxygens (including phenoxy) is 1. The molecule has 0 radical (unpaired) electrons. The summed E-state index contributed by atoms with van der Waals surface area (Å²) < 4.78 is 5.29. The minimum atomic E-state index is -0.106. The van der Waals surface area contributed by atoms with Crippen molar-refractivity contribution in [1.29, 1.82) is 0 Å². The molecule has 0 atom stereocenters. The minimum absolute atomic E-state index is 0.106. The summed E-state index contributed by atoms with van der Waals surface area (Å²) in [5.74, 6) is 1.29. The number of hydrogen-bond acceptors (Lipinski definition) is 5. The molecule has 0 aliphatic carbocycles. The van der Waals surface area contributed by atoms with Gasteiger partial charge < -0.3 is 20.3 Å². The molecule has 2 N–H and O–H groups in total. The lowest BCUT2D eigenvalue weighted by Gasteiger charge is -2.11. The molecule has 6 nitrogen and oxygen atoms in total. The van der Waals surface area contributed by atoms with Gasteiger partial charge in [-0.15, -0.1) is 0 Å². The highest BCUT2D eigenvalue weighted by atomic mass is 16.5. The van der Waals surface area contributed by atoms with Crippen LogP contribution in [0.3, 0.4) is 0 Å². The first kappa shape index (κ1) is 17.7. The summed E-state index contributed by atoms with van der Waals surface area (Å²) >= 11 is 0. The number of benzene rings is 1. The van der Waals surface area contributed by atoms with Gasteiger partial charge in [0.1, 0.15) is 11.6 Å². The van der Waals surface area contributed by atoms with Crippen molar-refractivity contribution >= 4 is 17.4 Å². The zero-order valence-corrected chi connectivity index (χ0v) is 14.4. The van der Waals surface area contributed by atoms with Crippen molar-refractivity contribution in [2.45, 2.75) is 6.42 Å². The number of carbonyl (C=O) groups excluding carboxylic acids is 1. The van der Waals surface area contributed by atoms with Gasteiger partial charge in [0.15, 0.2) is 0 Å². The SMILES string of the molecule is COc1ccccc1Nc1ccc(C(=O)NCCCN(C)C)cn1. The third-order valence-electron chi connectivity index (χ3n) is 3.46. The molecular weight excluding hydrogens is 304 g/mol. The fourth-order valence-corrected chi connectivity index (χ4v) is 2.19. The van der Waals surface area contributed by atoms with Crippen LogP contribution >= 0.6 is 0 Å². The van der Waals surface area contributed by atoms with Gasteiger partial charge in [0.25, 0.3) is 5.91 Å². The lowest BCUT2D eigenvalue weighted by molar-refractivity contribution is 0.0952. The Morgan fingerprint density at radius 3 is 2.67 bits per heavy atom. The molecule has 0 spiro atoms. The molecule has 2 aromatic rings. The normalized spacial score (nSPS) is 10.5. The van der Waals surface area contributed by atoms with Crippen LogP contribution in [0.4, 0.5) is 11.5 Å². The highest BCUT2D eigenvalue weighted by Crippen LogP contribution is 2.25. The van der Waals surface area contributed by atoms with Crippen LogP contribution in [0.15, 0.2) is 42.6 Å². The number of rotatable bonds is 8. The summed E-state index contributed by atoms with van der Waals surface area (Å²) in [6, 6.07) is 11.1. The number of hydrogen-bond donors (Lipinski definition) is 2. The summed E-state index contributed by atoms with van der Waals surface area (Å²) in [6.07, 6.45) is 2.48. The standard InChI is InChI=1S/C18H24N4O2/c1-22(2)12-6-11-19-18(23)14-9-10-17(20-13-14)21-15-7-4-5-8-16(15)24-3/h4-5,7-10,13H,6,11-12H2,1-3H3,(H,19,23)(H,20,21). The van der Waals surface area contributed by atoms with E-state index in [1.54, 1.807) is 25.4 Å². The van der Waals surface area contributed by atoms with E-state index in [9.17, 15) is 4.79 Å². The van der Waals surface area contributed by atoms with E-state index < -0.39 is 0 Å². The van der Waals surface area contributed by atoms with Gasteiger partial charge in [-0.1, -0.05) is 12.1 Å². The van der Waals surface area contributed by atoms with Crippen molar-refractivity contribution in [2.24, 2.45) is 0 Å². The van der Waals surface area contributed by atoms with Crippen molar-refractivity contribution in [1.82, 2.24) is 15.2 Å². The minimum Gasteiger partial charge on any atom is -0.495 e. The summed E-state index contributed by atoms with van der Waals surface area (Å²) in [5, 5.41) is 6.08. The Bertz CT molecular complexity index is 656. The molecule has 0 bridgehead atoms. The summed E-state index contributed by atoms with van der Waals surface area (Å²) in [7, 11) is 5.65. The highest BCUT2D eigenvalue weighted by molar-refractivity contribution is 5.94. The number of nitrogens with one attached hydrogen (secondary N) is 2. The second kappa shape index (κ2) is 8.88. The molecule has 1 aromatic heterocycles. The number of pyridine rings is 1. The zero-order valence-electron chi connectivity index (χ0n) is 14.4. The number of methoxy groups -OCH3 is 1. The molecule has 6 heteroatoms. The second-order valence-corrected chi connectivity index (χ2v) is 5.67. The average Bonchev–Trinajstić information content (AvgIpc) is 2.59. The van der Waals surface area contributed by atoms with E-state index in [1.165, 1.54) is 0 Å². The number of para-hydroxylation sites is 2. The quantitative estimate of drug-likeness (QED) is 0.729. The Kier molecular flexibility index (Phi) is 6.57. The highest BCUT2D eigenvalue weighted by Gasteiger charge is 2.07. The van der Waals surface area contributed by atoms with Gasteiger partial charge in [-0.2, -0.15) is 0 Å². The van der Waals surface area contributed by atoms with Crippen LogP contribution in [0, 0.1) is 0 Å². The van der Waals surface area contributed by atoms with E-state index >= 15 is 0 Å². The Morgan fingerprint density at radius 1 is 1.21 bits per heavy atom. The van der Waals surface area contributed by atoms with Gasteiger partial charge in [-0.25, -0.2) is 4.98 Å². The van der Waals surface area contributed by atoms with Crippen LogP contribution in [0.25, 0.3) is 0 Å². The molecule has 1 amide bonds. The molecule has 1 aromatic carbocycles. The van der Waals surface area contributed by atoms with Crippen molar-refractivity contribution in [3.63, 3.8) is 0 Å². The van der Waals surface area contributed by atoms with Gasteiger partial charge >= 0.3 is 0 Å². The molecule has 1 heterocycles. The Balaban J connectivity index is 1.91. The summed E-state index contributed by atoms with van der Waals surface area (Å²) in [4.78, 5) is 18.4. The number of amides is 1. The predicted octanol–water partition coefficient (Wildman–Crippen LogP) is 2.52. The van der Waals surface area contributed by atoms with E-state index in [4.69, 9.17) is 4.74 Å². The van der Waals surface area contributed by atoms with Gasteiger partial charge in [0.2, 0.25) is 0 Å². The molecular formula is C18H24N4O2. The second-order valence-electron chi connectivity index (χ2n) is 5.67. The average molecular weight is 328 g/mol. The first-order chi connectivity index (χ1) is 11.6. The Labute approximate surface area is 142 Å². The maximum Gasteiger partial charge on any atom is 0.252 e. The number of aromatic nitrogens is 1. The fraction of sp³-hybridized carbons (Fsp3) is 0.333. The molecule has 128 valence electrons. The van der Waals surface area contributed by atoms with E-state index in [-0.39, 0.29) is 5.91 Å². The lowest BCUT2D eigenvalue weighted by atomic mass is 10.2. The molecule has 2 rings (SSSR count). The first-order valence-corrected chi connectivity index (χ1v) is 7.89. The monoisotopic (exact) mass is 328 g/mol. The topological polar surface area (TPSA) is 66.5 Å². The van der Waals surface area contributed by atoms with Crippen LogP contribution in [0.2, 0.25) is 0 Å². The number of nitrogens with zero attached hydrogens (tertiary/aromatic N) is 2. The van der Waals surface area contributed by atoms with Crippen molar-refractivity contribution in [3.05, 3.63) is 48.2 Å². The van der Waals surface area contributed by atoms with Crippen molar-refractivity contribution in [3.8, 4) is 5.75 Å². The van der Waals surface area contributed by atoms with Gasteiger partial charge in [-0.3, -0.25) is 4.79 Å². The molecule has 0 saturated heterocycles. The maximum absolute atomic E-state index is 12.1. The van der Waals surface area contributed by atoms with E-state index in [0.29, 0.717) is 17.9 Å². The first-order valence-electron chi connectivity index (χ1n) is 7.89. The smallest absolute Gasteiger partial charge is 0.252 e. The molecule has 24 heavy (non-hydrogen) atoms. The number of anilines is 2. The van der Waals surface area contributed by atoms with Gasteiger partial charge in [0.05, 0.1) is 18.4 Å². The third-order valence-corrected chi connectivity index (χ3v) is 3.46. The van der Waals surface area contributed by atoms with Crippen LogP contribution < -0.4 is 15.4 Å². The maximum atomic E-state index is 12.1. The van der Waals surface area contributed by atoms with Crippen LogP contribution in [-0.4, -0.2) is 50.1 Å².